The molecular formula is C34H31N2O+. The van der Waals surface area contributed by atoms with E-state index >= 15 is 0 Å². The lowest BCUT2D eigenvalue weighted by atomic mass is 9.88. The van der Waals surface area contributed by atoms with Gasteiger partial charge in [0.2, 0.25) is 0 Å². The van der Waals surface area contributed by atoms with Gasteiger partial charge in [0.25, 0.3) is 5.82 Å². The minimum absolute atomic E-state index is 0.389. The van der Waals surface area contributed by atoms with Crippen LogP contribution in [0.2, 0.25) is 0 Å². The second-order valence-electron chi connectivity index (χ2n) is 10.9. The van der Waals surface area contributed by atoms with E-state index in [1.165, 1.54) is 55.7 Å². The standard InChI is InChI=1S/C34H31N2O/c1-21(2)27-16-24(23-10-6-5-7-11-23)17-28(22(3)4)33(27)36-15-14-35-20-25-18-32-30(19-29(25)34(35)36)26-12-8-9-13-31(26)37-32/h5-19,21-22H,20H2,1-4H3/q+1. The molecular weight excluding hydrogens is 452 g/mol. The van der Waals surface area contributed by atoms with Crippen molar-refractivity contribution in [3.63, 3.8) is 0 Å². The van der Waals surface area contributed by atoms with Crippen LogP contribution in [0.25, 0.3) is 50.1 Å². The number of aromatic nitrogens is 2. The van der Waals surface area contributed by atoms with Gasteiger partial charge in [0.15, 0.2) is 0 Å². The van der Waals surface area contributed by atoms with Crippen molar-refractivity contribution in [2.45, 2.75) is 46.1 Å². The van der Waals surface area contributed by atoms with Crippen molar-refractivity contribution < 1.29 is 8.98 Å². The Balaban J connectivity index is 1.48. The van der Waals surface area contributed by atoms with Crippen LogP contribution in [0.4, 0.5) is 0 Å². The lowest BCUT2D eigenvalue weighted by molar-refractivity contribution is -0.671. The molecule has 0 N–H and O–H groups in total. The molecule has 0 spiro atoms. The molecule has 0 unspecified atom stereocenters. The highest BCUT2D eigenvalue weighted by atomic mass is 16.3. The Morgan fingerprint density at radius 1 is 0.730 bits per heavy atom. The molecule has 0 saturated carbocycles. The number of hydrogen-bond donors (Lipinski definition) is 0. The number of nitrogens with zero attached hydrogens (tertiary/aromatic N) is 2. The lowest BCUT2D eigenvalue weighted by Crippen LogP contribution is -2.30. The van der Waals surface area contributed by atoms with Crippen molar-refractivity contribution in [2.24, 2.45) is 0 Å². The van der Waals surface area contributed by atoms with E-state index in [2.05, 4.69) is 122 Å². The Kier molecular flexibility index (Phi) is 4.91. The summed E-state index contributed by atoms with van der Waals surface area (Å²) >= 11 is 0. The summed E-state index contributed by atoms with van der Waals surface area (Å²) in [4.78, 5) is 0. The number of hydrogen-bond acceptors (Lipinski definition) is 1. The first kappa shape index (κ1) is 22.1. The smallest absolute Gasteiger partial charge is 0.294 e. The number of rotatable bonds is 4. The minimum atomic E-state index is 0.389. The van der Waals surface area contributed by atoms with Crippen LogP contribution in [0.15, 0.2) is 95.7 Å². The fourth-order valence-corrected chi connectivity index (χ4v) is 5.99. The van der Waals surface area contributed by atoms with Crippen molar-refractivity contribution in [2.75, 3.05) is 0 Å². The van der Waals surface area contributed by atoms with E-state index in [1.54, 1.807) is 0 Å². The van der Waals surface area contributed by atoms with Crippen LogP contribution in [-0.2, 0) is 6.54 Å². The van der Waals surface area contributed by atoms with E-state index in [0.29, 0.717) is 11.8 Å². The third kappa shape index (κ3) is 3.37. The van der Waals surface area contributed by atoms with E-state index in [9.17, 15) is 0 Å². The molecule has 2 aromatic heterocycles. The number of para-hydroxylation sites is 1. The molecule has 0 fully saturated rings. The summed E-state index contributed by atoms with van der Waals surface area (Å²) in [5.41, 5.74) is 11.2. The minimum Gasteiger partial charge on any atom is -0.456 e. The molecule has 7 rings (SSSR count). The van der Waals surface area contributed by atoms with E-state index in [-0.39, 0.29) is 0 Å². The Morgan fingerprint density at radius 3 is 2.16 bits per heavy atom. The first-order chi connectivity index (χ1) is 18.0. The molecule has 0 aliphatic carbocycles. The Morgan fingerprint density at radius 2 is 1.43 bits per heavy atom. The maximum Gasteiger partial charge on any atom is 0.294 e. The quantitative estimate of drug-likeness (QED) is 0.230. The maximum absolute atomic E-state index is 6.21. The summed E-state index contributed by atoms with van der Waals surface area (Å²) in [6, 6.07) is 28.5. The third-order valence-corrected chi connectivity index (χ3v) is 7.84. The largest absolute Gasteiger partial charge is 0.456 e. The molecule has 0 radical (unpaired) electrons. The van der Waals surface area contributed by atoms with Crippen LogP contribution >= 0.6 is 0 Å². The molecule has 37 heavy (non-hydrogen) atoms. The van der Waals surface area contributed by atoms with Gasteiger partial charge in [0.05, 0.1) is 5.56 Å². The molecule has 6 aromatic rings. The average molecular weight is 484 g/mol. The van der Waals surface area contributed by atoms with Crippen molar-refractivity contribution in [3.05, 3.63) is 108 Å². The van der Waals surface area contributed by atoms with Gasteiger partial charge in [-0.2, -0.15) is 4.57 Å². The molecule has 3 heterocycles. The maximum atomic E-state index is 6.21. The number of furan rings is 1. The molecule has 182 valence electrons. The van der Waals surface area contributed by atoms with Gasteiger partial charge in [-0.05, 0) is 53.3 Å². The van der Waals surface area contributed by atoms with Crippen molar-refractivity contribution in [3.8, 4) is 28.2 Å². The van der Waals surface area contributed by atoms with Crippen LogP contribution in [0.1, 0.15) is 56.2 Å². The Hall–Kier alpha value is -4.11. The van der Waals surface area contributed by atoms with Gasteiger partial charge < -0.3 is 4.42 Å². The predicted octanol–water partition coefficient (Wildman–Crippen LogP) is 8.61. The van der Waals surface area contributed by atoms with Crippen molar-refractivity contribution >= 4 is 21.9 Å². The second kappa shape index (κ2) is 8.21. The molecule has 1 aliphatic rings. The summed E-state index contributed by atoms with van der Waals surface area (Å²) in [5, 5.41) is 2.36. The Labute approximate surface area is 217 Å². The molecule has 0 bridgehead atoms. The van der Waals surface area contributed by atoms with Crippen LogP contribution in [0.5, 0.6) is 0 Å². The number of imidazole rings is 1. The zero-order valence-corrected chi connectivity index (χ0v) is 21.8. The summed E-state index contributed by atoms with van der Waals surface area (Å²) in [6.07, 6.45) is 4.49. The molecule has 1 aliphatic heterocycles. The van der Waals surface area contributed by atoms with Gasteiger partial charge in [0.1, 0.15) is 35.8 Å². The highest BCUT2D eigenvalue weighted by Crippen LogP contribution is 2.41. The summed E-state index contributed by atoms with van der Waals surface area (Å²) in [5.74, 6) is 2.03. The van der Waals surface area contributed by atoms with Gasteiger partial charge in [-0.25, -0.2) is 4.57 Å². The molecule has 0 atom stereocenters. The monoisotopic (exact) mass is 483 g/mol. The normalized spacial score (nSPS) is 12.7. The molecule has 0 amide bonds. The van der Waals surface area contributed by atoms with Gasteiger partial charge >= 0.3 is 0 Å². The van der Waals surface area contributed by atoms with E-state index in [4.69, 9.17) is 4.42 Å². The molecule has 3 nitrogen and oxygen atoms in total. The van der Waals surface area contributed by atoms with Crippen molar-refractivity contribution in [1.82, 2.24) is 4.57 Å². The summed E-state index contributed by atoms with van der Waals surface area (Å²) in [6.45, 7) is 10.1. The molecule has 4 aromatic carbocycles. The average Bonchev–Trinajstić information content (AvgIpc) is 3.58. The van der Waals surface area contributed by atoms with Crippen LogP contribution in [0, 0.1) is 0 Å². The van der Waals surface area contributed by atoms with Crippen LogP contribution in [0.3, 0.4) is 0 Å². The topological polar surface area (TPSA) is 21.9 Å². The Bertz CT molecular complexity index is 1770. The molecule has 0 saturated heterocycles. The van der Waals surface area contributed by atoms with E-state index < -0.39 is 0 Å². The highest BCUT2D eigenvalue weighted by molar-refractivity contribution is 6.06. The van der Waals surface area contributed by atoms with Gasteiger partial charge in [0, 0.05) is 27.5 Å². The van der Waals surface area contributed by atoms with Crippen molar-refractivity contribution in [1.29, 1.82) is 0 Å². The van der Waals surface area contributed by atoms with Crippen LogP contribution < -0.4 is 4.57 Å². The highest BCUT2D eigenvalue weighted by Gasteiger charge is 2.34. The summed E-state index contributed by atoms with van der Waals surface area (Å²) in [7, 11) is 0. The zero-order chi connectivity index (χ0) is 25.3. The third-order valence-electron chi connectivity index (χ3n) is 7.84. The SMILES string of the molecule is CC(C)c1cc(-c2ccccc2)cc(C(C)C)c1-n1cc[n+]2c1-c1cc3c(cc1C2)oc1ccccc13. The molecule has 3 heteroatoms. The predicted molar refractivity (Wildman–Crippen MR) is 151 cm³/mol. The fraction of sp³-hybridized carbons (Fsp3) is 0.206. The van der Waals surface area contributed by atoms with E-state index in [0.717, 1.165) is 17.7 Å². The van der Waals surface area contributed by atoms with Crippen LogP contribution in [-0.4, -0.2) is 4.57 Å². The zero-order valence-electron chi connectivity index (χ0n) is 21.8. The summed E-state index contributed by atoms with van der Waals surface area (Å²) < 4.78 is 11.0. The van der Waals surface area contributed by atoms with Gasteiger partial charge in [-0.15, -0.1) is 0 Å². The lowest BCUT2D eigenvalue weighted by Gasteiger charge is -2.20. The number of fused-ring (bicyclic) bond motifs is 6. The van der Waals surface area contributed by atoms with Gasteiger partial charge in [-0.3, -0.25) is 0 Å². The first-order valence-corrected chi connectivity index (χ1v) is 13.3. The second-order valence-corrected chi connectivity index (χ2v) is 10.9. The first-order valence-electron chi connectivity index (χ1n) is 13.3. The number of benzene rings is 4. The van der Waals surface area contributed by atoms with Gasteiger partial charge in [-0.1, -0.05) is 76.2 Å². The fourth-order valence-electron chi connectivity index (χ4n) is 5.99. The van der Waals surface area contributed by atoms with E-state index in [1.807, 2.05) is 6.07 Å².